The van der Waals surface area contributed by atoms with Gasteiger partial charge in [0.25, 0.3) is 0 Å². The molecule has 1 aromatic rings. The van der Waals surface area contributed by atoms with E-state index < -0.39 is 18.8 Å². The maximum atomic E-state index is 14.2. The topological polar surface area (TPSA) is 21.3 Å². The number of halogens is 3. The summed E-state index contributed by atoms with van der Waals surface area (Å²) in [5.74, 6) is -0.883. The van der Waals surface area contributed by atoms with E-state index in [-0.39, 0.29) is 17.1 Å². The van der Waals surface area contributed by atoms with Crippen LogP contribution in [-0.2, 0) is 5.54 Å². The van der Waals surface area contributed by atoms with E-state index in [1.54, 1.807) is 18.2 Å². The first kappa shape index (κ1) is 19.4. The van der Waals surface area contributed by atoms with Crippen molar-refractivity contribution in [1.29, 1.82) is 0 Å². The fourth-order valence-corrected chi connectivity index (χ4v) is 4.64. The standard InChI is InChI=1S/C20H24F3NOS/c1-25-19-8-5-15(12-18(19)23)20(9-3-2-4-10-20)24-26-16-6-7-17(22)14(11-16)13-21/h5-8,11-12,14,17,24H,2-4,9-10,13H2,1H3. The van der Waals surface area contributed by atoms with E-state index in [1.807, 2.05) is 6.07 Å². The molecule has 2 aliphatic carbocycles. The maximum Gasteiger partial charge on any atom is 0.165 e. The van der Waals surface area contributed by atoms with Crippen LogP contribution in [0.4, 0.5) is 13.2 Å². The lowest BCUT2D eigenvalue weighted by Crippen LogP contribution is -2.40. The number of ether oxygens (including phenoxy) is 1. The summed E-state index contributed by atoms with van der Waals surface area (Å²) in [7, 11) is 1.45. The van der Waals surface area contributed by atoms with Crippen LogP contribution >= 0.6 is 11.9 Å². The van der Waals surface area contributed by atoms with Gasteiger partial charge in [-0.15, -0.1) is 0 Å². The van der Waals surface area contributed by atoms with Gasteiger partial charge in [0.1, 0.15) is 6.17 Å². The average molecular weight is 383 g/mol. The molecule has 0 bridgehead atoms. The van der Waals surface area contributed by atoms with Crippen LogP contribution in [0.1, 0.15) is 37.7 Å². The van der Waals surface area contributed by atoms with E-state index in [4.69, 9.17) is 4.74 Å². The van der Waals surface area contributed by atoms with Crippen molar-refractivity contribution in [2.24, 2.45) is 5.92 Å². The highest BCUT2D eigenvalue weighted by Gasteiger charge is 2.35. The smallest absolute Gasteiger partial charge is 0.165 e. The van der Waals surface area contributed by atoms with E-state index >= 15 is 0 Å². The quantitative estimate of drug-likeness (QED) is 0.645. The number of rotatable bonds is 6. The molecule has 0 saturated heterocycles. The van der Waals surface area contributed by atoms with Gasteiger partial charge in [-0.3, -0.25) is 4.39 Å². The van der Waals surface area contributed by atoms with Gasteiger partial charge in [0.2, 0.25) is 0 Å². The van der Waals surface area contributed by atoms with Gasteiger partial charge in [0.15, 0.2) is 11.6 Å². The fraction of sp³-hybridized carbons (Fsp3) is 0.500. The van der Waals surface area contributed by atoms with Crippen molar-refractivity contribution in [2.75, 3.05) is 13.8 Å². The van der Waals surface area contributed by atoms with E-state index in [9.17, 15) is 13.2 Å². The Morgan fingerprint density at radius 3 is 2.69 bits per heavy atom. The Morgan fingerprint density at radius 1 is 1.27 bits per heavy atom. The molecule has 0 aliphatic heterocycles. The largest absolute Gasteiger partial charge is 0.494 e. The molecule has 1 aromatic carbocycles. The van der Waals surface area contributed by atoms with Crippen LogP contribution in [0.5, 0.6) is 5.75 Å². The van der Waals surface area contributed by atoms with Gasteiger partial charge in [0, 0.05) is 10.8 Å². The summed E-state index contributed by atoms with van der Waals surface area (Å²) in [6.45, 7) is -0.718. The van der Waals surface area contributed by atoms with Crippen LogP contribution in [0.2, 0.25) is 0 Å². The molecule has 2 unspecified atom stereocenters. The lowest BCUT2D eigenvalue weighted by atomic mass is 9.77. The lowest BCUT2D eigenvalue weighted by molar-refractivity contribution is 0.268. The zero-order valence-corrected chi connectivity index (χ0v) is 15.6. The van der Waals surface area contributed by atoms with Gasteiger partial charge < -0.3 is 4.74 Å². The number of methoxy groups -OCH3 is 1. The van der Waals surface area contributed by atoms with E-state index in [0.29, 0.717) is 0 Å². The van der Waals surface area contributed by atoms with Gasteiger partial charge in [-0.1, -0.05) is 31.4 Å². The second-order valence-corrected chi connectivity index (χ2v) is 7.77. The summed E-state index contributed by atoms with van der Waals surface area (Å²) in [4.78, 5) is 0.792. The Balaban J connectivity index is 1.80. The minimum atomic E-state index is -1.27. The Morgan fingerprint density at radius 2 is 2.04 bits per heavy atom. The molecule has 6 heteroatoms. The Kier molecular flexibility index (Phi) is 6.35. The molecule has 0 aromatic heterocycles. The molecule has 1 N–H and O–H groups in total. The molecule has 26 heavy (non-hydrogen) atoms. The predicted molar refractivity (Wildman–Crippen MR) is 100 cm³/mol. The van der Waals surface area contributed by atoms with E-state index in [2.05, 4.69) is 4.72 Å². The zero-order valence-electron chi connectivity index (χ0n) is 14.8. The van der Waals surface area contributed by atoms with Crippen molar-refractivity contribution in [2.45, 2.75) is 43.8 Å². The third-order valence-electron chi connectivity index (χ3n) is 5.19. The summed E-state index contributed by atoms with van der Waals surface area (Å²) in [6, 6.07) is 5.08. The van der Waals surface area contributed by atoms with E-state index in [1.165, 1.54) is 31.2 Å². The van der Waals surface area contributed by atoms with Crippen molar-refractivity contribution < 1.29 is 17.9 Å². The molecular weight excluding hydrogens is 359 g/mol. The van der Waals surface area contributed by atoms with Gasteiger partial charge in [-0.25, -0.2) is 13.5 Å². The summed E-state index contributed by atoms with van der Waals surface area (Å²) in [6.07, 6.45) is 8.47. The highest BCUT2D eigenvalue weighted by atomic mass is 32.2. The summed E-state index contributed by atoms with van der Waals surface area (Å²) in [5, 5.41) is 0. The van der Waals surface area contributed by atoms with E-state index in [0.717, 1.165) is 42.6 Å². The van der Waals surface area contributed by atoms with Crippen LogP contribution in [0, 0.1) is 11.7 Å². The SMILES string of the molecule is COc1ccc(C2(NSC3=CC(CF)C(F)C=C3)CCCCC2)cc1F. The monoisotopic (exact) mass is 383 g/mol. The van der Waals surface area contributed by atoms with Crippen molar-refractivity contribution in [3.05, 3.63) is 52.7 Å². The Bertz CT molecular complexity index is 686. The molecule has 0 amide bonds. The first-order valence-corrected chi connectivity index (χ1v) is 9.78. The second-order valence-electron chi connectivity index (χ2n) is 6.89. The van der Waals surface area contributed by atoms with Crippen LogP contribution in [0.25, 0.3) is 0 Å². The predicted octanol–water partition coefficient (Wildman–Crippen LogP) is 5.61. The number of hydrogen-bond acceptors (Lipinski definition) is 3. The van der Waals surface area contributed by atoms with Crippen molar-refractivity contribution >= 4 is 11.9 Å². The lowest BCUT2D eigenvalue weighted by Gasteiger charge is -2.38. The zero-order chi connectivity index (χ0) is 18.6. The van der Waals surface area contributed by atoms with Crippen LogP contribution < -0.4 is 9.46 Å². The second kappa shape index (κ2) is 8.53. The number of hydrogen-bond donors (Lipinski definition) is 1. The van der Waals surface area contributed by atoms with Crippen LogP contribution in [0.3, 0.4) is 0 Å². The van der Waals surface area contributed by atoms with Crippen LogP contribution in [-0.4, -0.2) is 20.0 Å². The highest BCUT2D eigenvalue weighted by molar-refractivity contribution is 8.01. The van der Waals surface area contributed by atoms with Gasteiger partial charge in [0.05, 0.1) is 19.3 Å². The molecule has 2 nitrogen and oxygen atoms in total. The molecule has 0 spiro atoms. The molecule has 1 fully saturated rings. The summed E-state index contributed by atoms with van der Waals surface area (Å²) >= 11 is 1.37. The average Bonchev–Trinajstić information content (AvgIpc) is 2.68. The van der Waals surface area contributed by atoms with Gasteiger partial charge >= 0.3 is 0 Å². The molecule has 2 atom stereocenters. The first-order chi connectivity index (χ1) is 12.6. The van der Waals surface area contributed by atoms with Gasteiger partial charge in [-0.2, -0.15) is 0 Å². The number of alkyl halides is 2. The van der Waals surface area contributed by atoms with Crippen molar-refractivity contribution in [1.82, 2.24) is 4.72 Å². The summed E-state index contributed by atoms with van der Waals surface area (Å²) in [5.41, 5.74) is 0.524. The third-order valence-corrected chi connectivity index (χ3v) is 6.19. The molecule has 3 rings (SSSR count). The van der Waals surface area contributed by atoms with Crippen molar-refractivity contribution in [3.63, 3.8) is 0 Å². The Labute approximate surface area is 157 Å². The number of benzene rings is 1. The molecular formula is C20H24F3NOS. The minimum absolute atomic E-state index is 0.227. The first-order valence-electron chi connectivity index (χ1n) is 8.96. The van der Waals surface area contributed by atoms with Gasteiger partial charge in [-0.05, 0) is 54.6 Å². The minimum Gasteiger partial charge on any atom is -0.494 e. The molecule has 0 heterocycles. The summed E-state index contributed by atoms with van der Waals surface area (Å²) < 4.78 is 49.3. The number of nitrogens with one attached hydrogen (secondary N) is 1. The third kappa shape index (κ3) is 4.12. The molecule has 1 saturated carbocycles. The number of allylic oxidation sites excluding steroid dienone is 3. The van der Waals surface area contributed by atoms with Crippen LogP contribution in [0.15, 0.2) is 41.3 Å². The molecule has 142 valence electrons. The Hall–Kier alpha value is -1.40. The molecule has 0 radical (unpaired) electrons. The fourth-order valence-electron chi connectivity index (χ4n) is 3.61. The highest BCUT2D eigenvalue weighted by Crippen LogP contribution is 2.41. The molecule has 2 aliphatic rings. The normalized spacial score (nSPS) is 25.0. The maximum absolute atomic E-state index is 14.2. The van der Waals surface area contributed by atoms with Crippen molar-refractivity contribution in [3.8, 4) is 5.75 Å².